The summed E-state index contributed by atoms with van der Waals surface area (Å²) >= 11 is 0. The molecule has 0 amide bonds. The average Bonchev–Trinajstić information content (AvgIpc) is 2.31. The smallest absolute Gasteiger partial charge is 0.416 e. The average molecular weight is 304 g/mol. The summed E-state index contributed by atoms with van der Waals surface area (Å²) in [6, 6.07) is 1.98. The molecule has 1 saturated carbocycles. The molecule has 0 spiro atoms. The molecule has 9 heteroatoms. The van der Waals surface area contributed by atoms with Crippen molar-refractivity contribution < 1.29 is 28.0 Å². The van der Waals surface area contributed by atoms with Crippen LogP contribution in [0.4, 0.5) is 24.5 Å². The van der Waals surface area contributed by atoms with Gasteiger partial charge in [-0.05, 0) is 31.4 Å². The lowest BCUT2D eigenvalue weighted by atomic mass is 9.76. The number of carbonyl (C=O) groups is 1. The first kappa shape index (κ1) is 15.1. The van der Waals surface area contributed by atoms with Gasteiger partial charge in [-0.15, -0.1) is 0 Å². The van der Waals surface area contributed by atoms with Gasteiger partial charge in [0, 0.05) is 6.07 Å². The first-order valence-electron chi connectivity index (χ1n) is 6.03. The van der Waals surface area contributed by atoms with Crippen molar-refractivity contribution in [2.45, 2.75) is 31.0 Å². The summed E-state index contributed by atoms with van der Waals surface area (Å²) in [6.45, 7) is 0. The molecule has 6 nitrogen and oxygen atoms in total. The molecule has 2 rings (SSSR count). The topological polar surface area (TPSA) is 92.5 Å². The maximum atomic E-state index is 12.6. The molecule has 1 aromatic carbocycles. The van der Waals surface area contributed by atoms with Gasteiger partial charge in [-0.25, -0.2) is 4.79 Å². The van der Waals surface area contributed by atoms with Crippen LogP contribution in [0.1, 0.15) is 24.8 Å². The highest BCUT2D eigenvalue weighted by molar-refractivity contribution is 5.85. The van der Waals surface area contributed by atoms with E-state index in [0.29, 0.717) is 18.6 Å². The van der Waals surface area contributed by atoms with Gasteiger partial charge in [0.1, 0.15) is 11.2 Å². The van der Waals surface area contributed by atoms with Crippen LogP contribution in [0.3, 0.4) is 0 Å². The standard InChI is InChI=1S/C12H11F3N2O4/c13-12(14,15)7-2-3-8(9(6-7)17(20)21)16-11(10(18)19)4-1-5-11/h2-3,6,16H,1,4-5H2,(H,18,19). The molecule has 1 aliphatic carbocycles. The Hall–Kier alpha value is -2.32. The number of alkyl halides is 3. The SMILES string of the molecule is O=C(O)C1(Nc2ccc(C(F)(F)F)cc2[N+](=O)[O-])CCC1. The zero-order chi connectivity index (χ0) is 15.8. The van der Waals surface area contributed by atoms with Gasteiger partial charge in [0.05, 0.1) is 10.5 Å². The number of nitrogens with one attached hydrogen (secondary N) is 1. The van der Waals surface area contributed by atoms with Crippen LogP contribution >= 0.6 is 0 Å². The van der Waals surface area contributed by atoms with Crippen LogP contribution < -0.4 is 5.32 Å². The van der Waals surface area contributed by atoms with Crippen molar-refractivity contribution >= 4 is 17.3 Å². The van der Waals surface area contributed by atoms with Crippen LogP contribution in [0.2, 0.25) is 0 Å². The van der Waals surface area contributed by atoms with Crippen LogP contribution in [0.15, 0.2) is 18.2 Å². The number of halogens is 3. The fourth-order valence-corrected chi connectivity index (χ4v) is 2.15. The number of rotatable bonds is 4. The summed E-state index contributed by atoms with van der Waals surface area (Å²) in [5.74, 6) is -1.18. The quantitative estimate of drug-likeness (QED) is 0.659. The molecule has 0 atom stereocenters. The molecule has 1 aromatic rings. The molecule has 21 heavy (non-hydrogen) atoms. The van der Waals surface area contributed by atoms with Gasteiger partial charge in [-0.1, -0.05) is 0 Å². The Balaban J connectivity index is 2.40. The number of hydrogen-bond acceptors (Lipinski definition) is 4. The van der Waals surface area contributed by atoms with Gasteiger partial charge in [0.15, 0.2) is 0 Å². The molecular formula is C12H11F3N2O4. The molecule has 0 unspecified atom stereocenters. The number of aliphatic carboxylic acids is 1. The van der Waals surface area contributed by atoms with E-state index < -0.39 is 33.9 Å². The maximum Gasteiger partial charge on any atom is 0.416 e. The monoisotopic (exact) mass is 304 g/mol. The van der Waals surface area contributed by atoms with Crippen LogP contribution in [0, 0.1) is 10.1 Å². The number of nitrogens with zero attached hydrogens (tertiary/aromatic N) is 1. The third-order valence-corrected chi connectivity index (χ3v) is 3.51. The predicted molar refractivity (Wildman–Crippen MR) is 65.9 cm³/mol. The molecule has 114 valence electrons. The van der Waals surface area contributed by atoms with Crippen molar-refractivity contribution in [1.82, 2.24) is 0 Å². The van der Waals surface area contributed by atoms with Crippen LogP contribution in [0.5, 0.6) is 0 Å². The van der Waals surface area contributed by atoms with Gasteiger partial charge in [0.25, 0.3) is 5.69 Å². The van der Waals surface area contributed by atoms with Gasteiger partial charge in [-0.2, -0.15) is 13.2 Å². The lowest BCUT2D eigenvalue weighted by molar-refractivity contribution is -0.384. The summed E-state index contributed by atoms with van der Waals surface area (Å²) in [5.41, 5.74) is -3.52. The summed E-state index contributed by atoms with van der Waals surface area (Å²) in [5, 5.41) is 22.6. The number of nitro benzene ring substituents is 1. The minimum Gasteiger partial charge on any atom is -0.480 e. The molecule has 0 saturated heterocycles. The van der Waals surface area contributed by atoms with Gasteiger partial charge < -0.3 is 10.4 Å². The highest BCUT2D eigenvalue weighted by Gasteiger charge is 2.45. The number of anilines is 1. The first-order valence-corrected chi connectivity index (χ1v) is 6.03. The molecular weight excluding hydrogens is 293 g/mol. The Bertz CT molecular complexity index is 597. The van der Waals surface area contributed by atoms with E-state index in [1.54, 1.807) is 0 Å². The molecule has 0 heterocycles. The third-order valence-electron chi connectivity index (χ3n) is 3.51. The molecule has 0 aromatic heterocycles. The van der Waals surface area contributed by atoms with Gasteiger partial charge >= 0.3 is 12.1 Å². The van der Waals surface area contributed by atoms with E-state index in [1.807, 2.05) is 0 Å². The van der Waals surface area contributed by atoms with E-state index in [2.05, 4.69) is 5.32 Å². The van der Waals surface area contributed by atoms with Gasteiger partial charge in [0.2, 0.25) is 0 Å². The number of benzene rings is 1. The lowest BCUT2D eigenvalue weighted by Crippen LogP contribution is -2.52. The fraction of sp³-hybridized carbons (Fsp3) is 0.417. The van der Waals surface area contributed by atoms with Gasteiger partial charge in [-0.3, -0.25) is 10.1 Å². The molecule has 1 fully saturated rings. The Kier molecular flexibility index (Phi) is 3.52. The third kappa shape index (κ3) is 2.76. The van der Waals surface area contributed by atoms with Crippen molar-refractivity contribution in [3.63, 3.8) is 0 Å². The normalized spacial score (nSPS) is 16.9. The van der Waals surface area contributed by atoms with Crippen LogP contribution in [-0.2, 0) is 11.0 Å². The van der Waals surface area contributed by atoms with E-state index in [1.165, 1.54) is 0 Å². The number of carboxylic acids is 1. The minimum atomic E-state index is -4.70. The van der Waals surface area contributed by atoms with Crippen molar-refractivity contribution in [2.24, 2.45) is 0 Å². The van der Waals surface area contributed by atoms with Crippen molar-refractivity contribution in [1.29, 1.82) is 0 Å². The van der Waals surface area contributed by atoms with E-state index in [9.17, 15) is 28.1 Å². The highest BCUT2D eigenvalue weighted by Crippen LogP contribution is 2.40. The highest BCUT2D eigenvalue weighted by atomic mass is 19.4. The van der Waals surface area contributed by atoms with Crippen LogP contribution in [0.25, 0.3) is 0 Å². The Morgan fingerprint density at radius 1 is 1.38 bits per heavy atom. The Labute approximate surface area is 116 Å². The maximum absolute atomic E-state index is 12.6. The lowest BCUT2D eigenvalue weighted by Gasteiger charge is -2.38. The number of carboxylic acid groups (broad SMARTS) is 1. The summed E-state index contributed by atoms with van der Waals surface area (Å²) in [4.78, 5) is 21.2. The number of nitro groups is 1. The Morgan fingerprint density at radius 2 is 2.00 bits per heavy atom. The first-order chi connectivity index (χ1) is 9.66. The second kappa shape index (κ2) is 4.90. The molecule has 1 aliphatic rings. The largest absolute Gasteiger partial charge is 0.480 e. The molecule has 0 radical (unpaired) electrons. The van der Waals surface area contributed by atoms with E-state index in [4.69, 9.17) is 5.11 Å². The molecule has 0 aliphatic heterocycles. The fourth-order valence-electron chi connectivity index (χ4n) is 2.15. The molecule has 0 bridgehead atoms. The van der Waals surface area contributed by atoms with Crippen molar-refractivity contribution in [3.8, 4) is 0 Å². The second-order valence-electron chi connectivity index (χ2n) is 4.85. The summed E-state index contributed by atoms with van der Waals surface area (Å²) in [7, 11) is 0. The number of hydrogen-bond donors (Lipinski definition) is 2. The summed E-state index contributed by atoms with van der Waals surface area (Å²) < 4.78 is 37.7. The summed E-state index contributed by atoms with van der Waals surface area (Å²) in [6.07, 6.45) is -3.54. The van der Waals surface area contributed by atoms with Crippen molar-refractivity contribution in [3.05, 3.63) is 33.9 Å². The molecule has 2 N–H and O–H groups in total. The zero-order valence-electron chi connectivity index (χ0n) is 10.6. The minimum absolute atomic E-state index is 0.227. The van der Waals surface area contributed by atoms with Crippen LogP contribution in [-0.4, -0.2) is 21.5 Å². The predicted octanol–water partition coefficient (Wildman–Crippen LogP) is 3.03. The zero-order valence-corrected chi connectivity index (χ0v) is 10.6. The van der Waals surface area contributed by atoms with Crippen molar-refractivity contribution in [2.75, 3.05) is 5.32 Å². The van der Waals surface area contributed by atoms with E-state index in [0.717, 1.165) is 6.07 Å². The Morgan fingerprint density at radius 3 is 2.38 bits per heavy atom. The second-order valence-corrected chi connectivity index (χ2v) is 4.85. The van der Waals surface area contributed by atoms with E-state index in [-0.39, 0.29) is 18.5 Å². The van der Waals surface area contributed by atoms with E-state index >= 15 is 0 Å².